The van der Waals surface area contributed by atoms with Gasteiger partial charge >= 0.3 is 6.03 Å². The highest BCUT2D eigenvalue weighted by Gasteiger charge is 2.16. The third kappa shape index (κ3) is 9.06. The number of anilines is 1. The van der Waals surface area contributed by atoms with Crippen LogP contribution in [0.4, 0.5) is 10.5 Å². The predicted molar refractivity (Wildman–Crippen MR) is 182 cm³/mol. The van der Waals surface area contributed by atoms with Crippen LogP contribution in [-0.4, -0.2) is 63.1 Å². The summed E-state index contributed by atoms with van der Waals surface area (Å²) in [5.74, 6) is 1.54. The molecule has 0 spiro atoms. The fourth-order valence-corrected chi connectivity index (χ4v) is 5.09. The Morgan fingerprint density at radius 2 is 1.72 bits per heavy atom. The van der Waals surface area contributed by atoms with Crippen molar-refractivity contribution in [2.45, 2.75) is 45.1 Å². The summed E-state index contributed by atoms with van der Waals surface area (Å²) < 4.78 is 7.62. The second kappa shape index (κ2) is 16.4. The zero-order chi connectivity index (χ0) is 32.1. The summed E-state index contributed by atoms with van der Waals surface area (Å²) in [5.41, 5.74) is 5.28. The lowest BCUT2D eigenvalue weighted by molar-refractivity contribution is 0.106. The van der Waals surface area contributed by atoms with Gasteiger partial charge in [-0.1, -0.05) is 38.3 Å². The number of carbonyl (C=O) groups excluding carboxylic acids is 1. The van der Waals surface area contributed by atoms with Crippen molar-refractivity contribution in [1.82, 2.24) is 25.2 Å². The van der Waals surface area contributed by atoms with Crippen LogP contribution in [0.3, 0.4) is 0 Å². The summed E-state index contributed by atoms with van der Waals surface area (Å²) in [4.78, 5) is 21.8. The quantitative estimate of drug-likeness (QED) is 0.0844. The first-order valence-electron chi connectivity index (χ1n) is 15.9. The molecule has 240 valence electrons. The van der Waals surface area contributed by atoms with Crippen LogP contribution in [-0.2, 0) is 6.42 Å². The lowest BCUT2D eigenvalue weighted by Crippen LogP contribution is -2.32. The van der Waals surface area contributed by atoms with E-state index in [1.165, 1.54) is 12.8 Å². The Morgan fingerprint density at radius 3 is 2.48 bits per heavy atom. The number of unbranched alkanes of at least 4 members (excludes halogenated alkanes) is 3. The molecule has 0 aliphatic heterocycles. The van der Waals surface area contributed by atoms with Crippen LogP contribution in [0.2, 0.25) is 0 Å². The number of benzene rings is 3. The minimum absolute atomic E-state index is 0.162. The molecule has 0 fully saturated rings. The molecule has 0 aliphatic rings. The summed E-state index contributed by atoms with van der Waals surface area (Å²) in [7, 11) is 0. The van der Waals surface area contributed by atoms with E-state index in [0.717, 1.165) is 53.1 Å². The second-order valence-corrected chi connectivity index (χ2v) is 11.2. The SMILES string of the molecule is CCCCCCNC(=O)Nc1ccc(-c2nc3cccnc3n2-c2ccc(CCNC[C@H](O)COc3ccc(O)cc3)cc2)cc1. The number of pyridine rings is 1. The van der Waals surface area contributed by atoms with Crippen LogP contribution in [0.5, 0.6) is 11.5 Å². The van der Waals surface area contributed by atoms with E-state index >= 15 is 0 Å². The van der Waals surface area contributed by atoms with Crippen molar-refractivity contribution >= 4 is 22.9 Å². The molecular formula is C36H42N6O4. The van der Waals surface area contributed by atoms with Crippen molar-refractivity contribution in [3.05, 3.63) is 96.7 Å². The van der Waals surface area contributed by atoms with E-state index in [1.807, 2.05) is 41.0 Å². The Kier molecular flexibility index (Phi) is 11.6. The fraction of sp³-hybridized carbons (Fsp3) is 0.306. The summed E-state index contributed by atoms with van der Waals surface area (Å²) in [6.07, 6.45) is 6.35. The van der Waals surface area contributed by atoms with Gasteiger partial charge < -0.3 is 30.9 Å². The molecule has 10 nitrogen and oxygen atoms in total. The van der Waals surface area contributed by atoms with Gasteiger partial charge in [0.1, 0.15) is 35.6 Å². The van der Waals surface area contributed by atoms with Gasteiger partial charge in [-0.2, -0.15) is 0 Å². The number of phenols is 1. The number of urea groups is 1. The number of imidazole rings is 1. The van der Waals surface area contributed by atoms with Gasteiger partial charge in [-0.15, -0.1) is 0 Å². The first kappa shape index (κ1) is 32.5. The third-order valence-electron chi connectivity index (χ3n) is 7.58. The molecule has 5 aromatic rings. The van der Waals surface area contributed by atoms with Crippen LogP contribution in [0, 0.1) is 0 Å². The molecule has 5 N–H and O–H groups in total. The lowest BCUT2D eigenvalue weighted by Gasteiger charge is -2.14. The molecule has 0 bridgehead atoms. The van der Waals surface area contributed by atoms with Crippen molar-refractivity contribution in [3.63, 3.8) is 0 Å². The number of aliphatic hydroxyl groups is 1. The number of rotatable bonds is 16. The molecule has 0 aliphatic carbocycles. The van der Waals surface area contributed by atoms with Crippen molar-refractivity contribution in [3.8, 4) is 28.6 Å². The van der Waals surface area contributed by atoms with E-state index in [2.05, 4.69) is 52.1 Å². The standard InChI is InChI=1S/C36H42N6O4/c1-2-3-4-5-21-39-36(45)40-28-12-10-27(11-13-28)34-41-33-7-6-22-38-35(33)42(34)29-14-8-26(9-15-29)20-23-37-24-31(44)25-46-32-18-16-30(43)17-19-32/h6-19,22,31,37,43-44H,2-5,20-21,23-25H2,1H3,(H2,39,40,45)/t31-/m0/s1. The van der Waals surface area contributed by atoms with Crippen LogP contribution < -0.4 is 20.7 Å². The van der Waals surface area contributed by atoms with Crippen LogP contribution in [0.15, 0.2) is 91.1 Å². The highest BCUT2D eigenvalue weighted by atomic mass is 16.5. The number of aromatic hydroxyl groups is 1. The van der Waals surface area contributed by atoms with E-state index in [9.17, 15) is 15.0 Å². The molecule has 0 saturated heterocycles. The van der Waals surface area contributed by atoms with Gasteiger partial charge in [0.05, 0.1) is 0 Å². The number of hydrogen-bond acceptors (Lipinski definition) is 7. The molecule has 46 heavy (non-hydrogen) atoms. The van der Waals surface area contributed by atoms with Crippen molar-refractivity contribution < 1.29 is 19.7 Å². The molecular weight excluding hydrogens is 580 g/mol. The maximum absolute atomic E-state index is 12.3. The Labute approximate surface area is 269 Å². The summed E-state index contributed by atoms with van der Waals surface area (Å²) in [6.45, 7) is 4.10. The predicted octanol–water partition coefficient (Wildman–Crippen LogP) is 6.07. The van der Waals surface area contributed by atoms with E-state index in [4.69, 9.17) is 9.72 Å². The van der Waals surface area contributed by atoms with Crippen molar-refractivity contribution in [2.24, 2.45) is 0 Å². The number of hydrogen-bond donors (Lipinski definition) is 5. The van der Waals surface area contributed by atoms with Gasteiger partial charge in [0.25, 0.3) is 0 Å². The number of phenolic OH excluding ortho intramolecular Hbond substituents is 1. The summed E-state index contributed by atoms with van der Waals surface area (Å²) in [5, 5.41) is 28.7. The topological polar surface area (TPSA) is 134 Å². The summed E-state index contributed by atoms with van der Waals surface area (Å²) >= 11 is 0. The smallest absolute Gasteiger partial charge is 0.319 e. The van der Waals surface area contributed by atoms with Gasteiger partial charge in [0.2, 0.25) is 0 Å². The van der Waals surface area contributed by atoms with Gasteiger partial charge in [0, 0.05) is 36.2 Å². The van der Waals surface area contributed by atoms with Crippen LogP contribution >= 0.6 is 0 Å². The summed E-state index contributed by atoms with van der Waals surface area (Å²) in [6, 6.07) is 26.1. The van der Waals surface area contributed by atoms with E-state index in [1.54, 1.807) is 30.5 Å². The highest BCUT2D eigenvalue weighted by molar-refractivity contribution is 5.89. The van der Waals surface area contributed by atoms with Crippen molar-refractivity contribution in [1.29, 1.82) is 0 Å². The second-order valence-electron chi connectivity index (χ2n) is 11.2. The van der Waals surface area contributed by atoms with Crippen molar-refractivity contribution in [2.75, 3.05) is 31.6 Å². The fourth-order valence-electron chi connectivity index (χ4n) is 5.09. The Balaban J connectivity index is 1.17. The number of aromatic nitrogens is 3. The average molecular weight is 623 g/mol. The number of carbonyl (C=O) groups is 1. The molecule has 3 aromatic carbocycles. The van der Waals surface area contributed by atoms with E-state index in [-0.39, 0.29) is 18.4 Å². The van der Waals surface area contributed by atoms with Gasteiger partial charge in [-0.25, -0.2) is 14.8 Å². The monoisotopic (exact) mass is 622 g/mol. The zero-order valence-corrected chi connectivity index (χ0v) is 26.2. The van der Waals surface area contributed by atoms with Crippen LogP contribution in [0.1, 0.15) is 38.2 Å². The first-order valence-corrected chi connectivity index (χ1v) is 15.9. The number of nitrogens with zero attached hydrogens (tertiary/aromatic N) is 3. The number of amides is 2. The van der Waals surface area contributed by atoms with Gasteiger partial charge in [0.15, 0.2) is 5.65 Å². The Hall–Kier alpha value is -4.93. The number of nitrogens with one attached hydrogen (secondary N) is 3. The molecule has 0 saturated carbocycles. The molecule has 0 unspecified atom stereocenters. The molecule has 5 rings (SSSR count). The molecule has 2 amide bonds. The minimum Gasteiger partial charge on any atom is -0.508 e. The van der Waals surface area contributed by atoms with E-state index in [0.29, 0.717) is 31.1 Å². The molecule has 0 radical (unpaired) electrons. The number of ether oxygens (including phenoxy) is 1. The molecule has 10 heteroatoms. The maximum atomic E-state index is 12.3. The number of aliphatic hydroxyl groups excluding tert-OH is 1. The van der Waals surface area contributed by atoms with Gasteiger partial charge in [-0.3, -0.25) is 4.57 Å². The zero-order valence-electron chi connectivity index (χ0n) is 26.2. The minimum atomic E-state index is -0.654. The van der Waals surface area contributed by atoms with Gasteiger partial charge in [-0.05, 0) is 97.7 Å². The lowest BCUT2D eigenvalue weighted by atomic mass is 10.1. The Morgan fingerprint density at radius 1 is 0.935 bits per heavy atom. The van der Waals surface area contributed by atoms with Crippen LogP contribution in [0.25, 0.3) is 28.2 Å². The Bertz CT molecular complexity index is 1670. The molecule has 2 heterocycles. The molecule has 1 atom stereocenters. The first-order chi connectivity index (χ1) is 22.5. The average Bonchev–Trinajstić information content (AvgIpc) is 3.47. The maximum Gasteiger partial charge on any atom is 0.319 e. The third-order valence-corrected chi connectivity index (χ3v) is 7.58. The largest absolute Gasteiger partial charge is 0.508 e. The highest BCUT2D eigenvalue weighted by Crippen LogP contribution is 2.28. The molecule has 2 aromatic heterocycles. The normalized spacial score (nSPS) is 11.8. The number of fused-ring (bicyclic) bond motifs is 1. The van der Waals surface area contributed by atoms with E-state index < -0.39 is 6.10 Å².